The smallest absolute Gasteiger partial charge is 0.338 e. The van der Waals surface area contributed by atoms with Crippen LogP contribution >= 0.6 is 0 Å². The van der Waals surface area contributed by atoms with Crippen LogP contribution in [0.2, 0.25) is 0 Å². The average Bonchev–Trinajstić information content (AvgIpc) is 2.93. The molecule has 0 saturated carbocycles. The molecule has 1 aliphatic carbocycles. The molecule has 8 heteroatoms. The molecule has 2 N–H and O–H groups in total. The summed E-state index contributed by atoms with van der Waals surface area (Å²) < 4.78 is 16.8. The maximum Gasteiger partial charge on any atom is 0.338 e. The third kappa shape index (κ3) is 5.83. The van der Waals surface area contributed by atoms with Crippen molar-refractivity contribution < 1.29 is 38.8 Å². The van der Waals surface area contributed by atoms with Crippen molar-refractivity contribution in [3.8, 4) is 0 Å². The molecule has 0 bridgehead atoms. The van der Waals surface area contributed by atoms with Gasteiger partial charge in [0.2, 0.25) is 0 Å². The molecule has 0 spiro atoms. The van der Waals surface area contributed by atoms with E-state index in [4.69, 9.17) is 14.2 Å². The topological polar surface area (TPSA) is 119 Å². The van der Waals surface area contributed by atoms with E-state index in [0.29, 0.717) is 18.4 Å². The molecular weight excluding hydrogens is 404 g/mol. The largest absolute Gasteiger partial charge is 0.457 e. The average molecular weight is 437 g/mol. The number of ether oxygens (including phenoxy) is 3. The van der Waals surface area contributed by atoms with Gasteiger partial charge >= 0.3 is 17.9 Å². The van der Waals surface area contributed by atoms with Crippen LogP contribution in [-0.2, 0) is 28.6 Å². The standard InChI is InChI=1S/C23H32O8/c1-12(2)20(25)30-19-17-14(4)21(26)29-16(17)10-13(3)8-7-9-15(11-24)18(19)31-22(27)23(5,6)28/h9-10,12,16-19,24,28H,4,7-8,11H2,1-3,5-6H3. The molecule has 2 aliphatic rings. The van der Waals surface area contributed by atoms with Crippen LogP contribution in [0.5, 0.6) is 0 Å². The Morgan fingerprint density at radius 1 is 1.32 bits per heavy atom. The number of esters is 3. The van der Waals surface area contributed by atoms with Crippen molar-refractivity contribution in [2.24, 2.45) is 11.8 Å². The molecular formula is C23H32O8. The molecule has 8 nitrogen and oxygen atoms in total. The molecule has 1 aliphatic heterocycles. The lowest BCUT2D eigenvalue weighted by atomic mass is 9.83. The van der Waals surface area contributed by atoms with Gasteiger partial charge in [0.05, 0.1) is 18.4 Å². The van der Waals surface area contributed by atoms with Crippen molar-refractivity contribution >= 4 is 17.9 Å². The molecule has 4 unspecified atom stereocenters. The molecule has 31 heavy (non-hydrogen) atoms. The van der Waals surface area contributed by atoms with Gasteiger partial charge in [0.15, 0.2) is 17.8 Å². The fraction of sp³-hybridized carbons (Fsp3) is 0.609. The Morgan fingerprint density at radius 3 is 2.52 bits per heavy atom. The number of aliphatic hydroxyl groups excluding tert-OH is 1. The summed E-state index contributed by atoms with van der Waals surface area (Å²) in [7, 11) is 0. The van der Waals surface area contributed by atoms with E-state index in [1.165, 1.54) is 13.8 Å². The molecule has 0 radical (unpaired) electrons. The highest BCUT2D eigenvalue weighted by Crippen LogP contribution is 2.38. The summed E-state index contributed by atoms with van der Waals surface area (Å²) in [5.41, 5.74) is -0.485. The van der Waals surface area contributed by atoms with Crippen LogP contribution in [-0.4, -0.2) is 58.6 Å². The van der Waals surface area contributed by atoms with Crippen LogP contribution < -0.4 is 0 Å². The Bertz CT molecular complexity index is 799. The molecule has 172 valence electrons. The van der Waals surface area contributed by atoms with Crippen molar-refractivity contribution in [3.63, 3.8) is 0 Å². The Labute approximate surface area is 182 Å². The molecule has 1 saturated heterocycles. The van der Waals surface area contributed by atoms with E-state index in [0.717, 1.165) is 5.57 Å². The van der Waals surface area contributed by atoms with Crippen molar-refractivity contribution in [2.45, 2.75) is 71.4 Å². The second kappa shape index (κ2) is 9.78. The minimum Gasteiger partial charge on any atom is -0.457 e. The zero-order chi connectivity index (χ0) is 23.5. The van der Waals surface area contributed by atoms with Crippen LogP contribution in [0, 0.1) is 11.8 Å². The first-order valence-electron chi connectivity index (χ1n) is 10.4. The van der Waals surface area contributed by atoms with E-state index in [2.05, 4.69) is 6.58 Å². The molecule has 0 aromatic carbocycles. The van der Waals surface area contributed by atoms with Gasteiger partial charge < -0.3 is 24.4 Å². The lowest BCUT2D eigenvalue weighted by Crippen LogP contribution is -2.48. The first-order chi connectivity index (χ1) is 14.4. The highest BCUT2D eigenvalue weighted by Gasteiger charge is 2.50. The summed E-state index contributed by atoms with van der Waals surface area (Å²) in [6.07, 6.45) is 1.44. The normalized spacial score (nSPS) is 27.1. The van der Waals surface area contributed by atoms with Gasteiger partial charge in [0.25, 0.3) is 0 Å². The first kappa shape index (κ1) is 24.8. The van der Waals surface area contributed by atoms with Crippen LogP contribution in [0.15, 0.2) is 35.5 Å². The van der Waals surface area contributed by atoms with Gasteiger partial charge in [-0.1, -0.05) is 32.1 Å². The summed E-state index contributed by atoms with van der Waals surface area (Å²) >= 11 is 0. The lowest BCUT2D eigenvalue weighted by molar-refractivity contribution is -0.182. The summed E-state index contributed by atoms with van der Waals surface area (Å²) in [5.74, 6) is -3.50. The molecule has 0 aromatic rings. The van der Waals surface area contributed by atoms with Crippen LogP contribution in [0.1, 0.15) is 47.5 Å². The quantitative estimate of drug-likeness (QED) is 0.291. The number of carbonyl (C=O) groups is 3. The van der Waals surface area contributed by atoms with E-state index < -0.39 is 60.3 Å². The zero-order valence-electron chi connectivity index (χ0n) is 18.7. The van der Waals surface area contributed by atoms with Crippen molar-refractivity contribution in [1.29, 1.82) is 0 Å². The van der Waals surface area contributed by atoms with Gasteiger partial charge in [0.1, 0.15) is 6.10 Å². The summed E-state index contributed by atoms with van der Waals surface area (Å²) in [4.78, 5) is 37.5. The Morgan fingerprint density at radius 2 is 1.97 bits per heavy atom. The number of carbonyl (C=O) groups excluding carboxylic acids is 3. The van der Waals surface area contributed by atoms with Crippen molar-refractivity contribution in [3.05, 3.63) is 35.5 Å². The fourth-order valence-electron chi connectivity index (χ4n) is 3.46. The van der Waals surface area contributed by atoms with E-state index in [1.54, 1.807) is 26.0 Å². The van der Waals surface area contributed by atoms with Gasteiger partial charge in [-0.2, -0.15) is 0 Å². The number of hydrogen-bond acceptors (Lipinski definition) is 8. The predicted molar refractivity (Wildman–Crippen MR) is 112 cm³/mol. The van der Waals surface area contributed by atoms with Crippen molar-refractivity contribution in [1.82, 2.24) is 0 Å². The van der Waals surface area contributed by atoms with Crippen LogP contribution in [0.3, 0.4) is 0 Å². The zero-order valence-corrected chi connectivity index (χ0v) is 18.7. The third-order valence-corrected chi connectivity index (χ3v) is 5.31. The second-order valence-corrected chi connectivity index (χ2v) is 8.85. The number of allylic oxidation sites excluding steroid dienone is 2. The van der Waals surface area contributed by atoms with E-state index >= 15 is 0 Å². The number of aliphatic hydroxyl groups is 2. The van der Waals surface area contributed by atoms with Crippen LogP contribution in [0.25, 0.3) is 0 Å². The van der Waals surface area contributed by atoms with Gasteiger partial charge in [-0.15, -0.1) is 0 Å². The Hall–Kier alpha value is -2.45. The highest BCUT2D eigenvalue weighted by molar-refractivity contribution is 5.91. The van der Waals surface area contributed by atoms with E-state index in [1.807, 2.05) is 6.92 Å². The Kier molecular flexibility index (Phi) is 7.83. The molecule has 4 atom stereocenters. The lowest BCUT2D eigenvalue weighted by Gasteiger charge is -2.35. The maximum absolute atomic E-state index is 12.6. The van der Waals surface area contributed by atoms with Gasteiger partial charge in [-0.05, 0) is 45.3 Å². The summed E-state index contributed by atoms with van der Waals surface area (Å²) in [5, 5.41) is 20.1. The minimum atomic E-state index is -1.82. The number of fused-ring (bicyclic) bond motifs is 1. The molecule has 2 rings (SSSR count). The monoisotopic (exact) mass is 436 g/mol. The number of rotatable bonds is 5. The summed E-state index contributed by atoms with van der Waals surface area (Å²) in [6.45, 7) is 11.1. The molecule has 1 fully saturated rings. The maximum atomic E-state index is 12.6. The van der Waals surface area contributed by atoms with E-state index in [-0.39, 0.29) is 5.57 Å². The highest BCUT2D eigenvalue weighted by atomic mass is 16.6. The fourth-order valence-corrected chi connectivity index (χ4v) is 3.46. The van der Waals surface area contributed by atoms with Gasteiger partial charge in [-0.25, -0.2) is 9.59 Å². The van der Waals surface area contributed by atoms with Crippen LogP contribution in [0.4, 0.5) is 0 Å². The summed E-state index contributed by atoms with van der Waals surface area (Å²) in [6, 6.07) is 0. The third-order valence-electron chi connectivity index (χ3n) is 5.31. The van der Waals surface area contributed by atoms with E-state index in [9.17, 15) is 24.6 Å². The second-order valence-electron chi connectivity index (χ2n) is 8.85. The predicted octanol–water partition coefficient (Wildman–Crippen LogP) is 1.99. The number of hydrogen-bond donors (Lipinski definition) is 2. The minimum absolute atomic E-state index is 0.0813. The molecule has 1 heterocycles. The molecule has 0 amide bonds. The Balaban J connectivity index is 2.64. The van der Waals surface area contributed by atoms with Gasteiger partial charge in [-0.3, -0.25) is 4.79 Å². The molecule has 0 aromatic heterocycles. The van der Waals surface area contributed by atoms with Gasteiger partial charge in [0, 0.05) is 5.57 Å². The SMILES string of the molecule is C=C1C(=O)OC2C=C(C)CCC=C(CO)C(OC(=O)C(C)(C)O)C(OC(=O)C(C)C)C12. The first-order valence-corrected chi connectivity index (χ1v) is 10.4. The van der Waals surface area contributed by atoms with Crippen molar-refractivity contribution in [2.75, 3.05) is 6.61 Å².